The van der Waals surface area contributed by atoms with Gasteiger partial charge in [-0.3, -0.25) is 0 Å². The molecule has 0 amide bonds. The molecule has 8 heteroatoms. The molecule has 2 heterocycles. The van der Waals surface area contributed by atoms with E-state index in [0.29, 0.717) is 17.1 Å². The van der Waals surface area contributed by atoms with Crippen LogP contribution in [0.1, 0.15) is 0 Å². The summed E-state index contributed by atoms with van der Waals surface area (Å²) in [5, 5.41) is 7.69. The molecule has 0 saturated carbocycles. The minimum Gasteiger partial charge on any atom is -0.357 e. The van der Waals surface area contributed by atoms with Crippen LogP contribution in [-0.4, -0.2) is 31.8 Å². The van der Waals surface area contributed by atoms with E-state index in [0.717, 1.165) is 9.37 Å². The summed E-state index contributed by atoms with van der Waals surface area (Å²) >= 11 is 4.99. The zero-order valence-corrected chi connectivity index (χ0v) is 13.5. The first-order chi connectivity index (χ1) is 10.3. The van der Waals surface area contributed by atoms with Crippen molar-refractivity contribution in [2.75, 3.05) is 12.4 Å². The van der Waals surface area contributed by atoms with Gasteiger partial charge in [-0.1, -0.05) is 12.1 Å². The molecule has 0 spiro atoms. The fourth-order valence-electron chi connectivity index (χ4n) is 1.62. The molecule has 6 nitrogen and oxygen atoms in total. The van der Waals surface area contributed by atoms with Crippen LogP contribution in [0.25, 0.3) is 5.95 Å². The maximum Gasteiger partial charge on any atom is 0.256 e. The van der Waals surface area contributed by atoms with Gasteiger partial charge in [-0.2, -0.15) is 20.1 Å². The lowest BCUT2D eigenvalue weighted by Gasteiger charge is -2.07. The van der Waals surface area contributed by atoms with Crippen molar-refractivity contribution in [2.45, 2.75) is 10.1 Å². The third-order valence-electron chi connectivity index (χ3n) is 2.57. The smallest absolute Gasteiger partial charge is 0.256 e. The largest absolute Gasteiger partial charge is 0.357 e. The van der Waals surface area contributed by atoms with Crippen molar-refractivity contribution >= 4 is 33.6 Å². The van der Waals surface area contributed by atoms with Gasteiger partial charge in [-0.15, -0.1) is 0 Å². The second-order valence-corrected chi connectivity index (χ2v) is 5.84. The van der Waals surface area contributed by atoms with Gasteiger partial charge in [0.2, 0.25) is 5.95 Å². The van der Waals surface area contributed by atoms with Crippen molar-refractivity contribution in [2.24, 2.45) is 0 Å². The molecule has 1 aromatic carbocycles. The molecule has 106 valence electrons. The lowest BCUT2D eigenvalue weighted by molar-refractivity contribution is 0.762. The summed E-state index contributed by atoms with van der Waals surface area (Å²) in [6.07, 6.45) is 3.48. The molecule has 0 saturated heterocycles. The Hall–Kier alpha value is -1.93. The van der Waals surface area contributed by atoms with E-state index in [2.05, 4.69) is 41.3 Å². The number of nitrogens with zero attached hydrogens (tertiary/aromatic N) is 5. The minimum absolute atomic E-state index is 0.480. The number of benzene rings is 1. The van der Waals surface area contributed by atoms with Crippen LogP contribution >= 0.6 is 27.7 Å². The van der Waals surface area contributed by atoms with Crippen molar-refractivity contribution in [3.8, 4) is 5.95 Å². The third kappa shape index (κ3) is 3.22. The molecule has 0 bridgehead atoms. The normalized spacial score (nSPS) is 10.6. The zero-order valence-electron chi connectivity index (χ0n) is 11.1. The highest BCUT2D eigenvalue weighted by molar-refractivity contribution is 9.10. The molecule has 21 heavy (non-hydrogen) atoms. The molecule has 3 aromatic rings. The molecular weight excluding hydrogens is 352 g/mol. The quantitative estimate of drug-likeness (QED) is 0.769. The van der Waals surface area contributed by atoms with E-state index in [1.54, 1.807) is 24.1 Å². The summed E-state index contributed by atoms with van der Waals surface area (Å²) in [7, 11) is 1.77. The Morgan fingerprint density at radius 1 is 1.14 bits per heavy atom. The first-order valence-corrected chi connectivity index (χ1v) is 7.73. The maximum absolute atomic E-state index is 4.44. The first kappa shape index (κ1) is 14.0. The van der Waals surface area contributed by atoms with E-state index >= 15 is 0 Å². The Morgan fingerprint density at radius 3 is 2.71 bits per heavy atom. The second-order valence-electron chi connectivity index (χ2n) is 3.97. The molecule has 2 aromatic heterocycles. The number of aromatic nitrogens is 5. The molecule has 0 atom stereocenters. The van der Waals surface area contributed by atoms with Gasteiger partial charge >= 0.3 is 0 Å². The summed E-state index contributed by atoms with van der Waals surface area (Å²) in [5.74, 6) is 0.985. The van der Waals surface area contributed by atoms with Crippen LogP contribution in [0.4, 0.5) is 5.95 Å². The highest BCUT2D eigenvalue weighted by Gasteiger charge is 2.10. The van der Waals surface area contributed by atoms with Gasteiger partial charge < -0.3 is 5.32 Å². The Labute approximate surface area is 134 Å². The van der Waals surface area contributed by atoms with Crippen LogP contribution in [-0.2, 0) is 0 Å². The predicted octanol–water partition coefficient (Wildman–Crippen LogP) is 3.01. The van der Waals surface area contributed by atoms with E-state index in [-0.39, 0.29) is 0 Å². The van der Waals surface area contributed by atoms with Crippen molar-refractivity contribution in [3.63, 3.8) is 0 Å². The summed E-state index contributed by atoms with van der Waals surface area (Å²) < 4.78 is 2.61. The van der Waals surface area contributed by atoms with Crippen LogP contribution in [0.15, 0.2) is 57.3 Å². The van der Waals surface area contributed by atoms with E-state index < -0.39 is 0 Å². The van der Waals surface area contributed by atoms with Gasteiger partial charge in [0, 0.05) is 28.8 Å². The average Bonchev–Trinajstić information content (AvgIpc) is 3.04. The summed E-state index contributed by atoms with van der Waals surface area (Å²) in [5.41, 5.74) is 0. The van der Waals surface area contributed by atoms with Gasteiger partial charge in [0.25, 0.3) is 5.95 Å². The molecule has 0 aliphatic rings. The van der Waals surface area contributed by atoms with Crippen molar-refractivity contribution in [3.05, 3.63) is 47.2 Å². The average molecular weight is 363 g/mol. The van der Waals surface area contributed by atoms with Gasteiger partial charge in [0.1, 0.15) is 0 Å². The number of anilines is 1. The third-order valence-corrected chi connectivity index (χ3v) is 4.47. The SMILES string of the molecule is CNc1nc(Sc2ccccc2Br)nc(-n2cccn2)n1. The Balaban J connectivity index is 1.99. The molecular formula is C13H11BrN6S. The lowest BCUT2D eigenvalue weighted by Crippen LogP contribution is -2.07. The number of hydrogen-bond acceptors (Lipinski definition) is 6. The first-order valence-electron chi connectivity index (χ1n) is 6.12. The summed E-state index contributed by atoms with van der Waals surface area (Å²) in [6.45, 7) is 0. The van der Waals surface area contributed by atoms with E-state index in [1.807, 2.05) is 30.3 Å². The molecule has 0 unspecified atom stereocenters. The molecule has 0 radical (unpaired) electrons. The van der Waals surface area contributed by atoms with Crippen molar-refractivity contribution < 1.29 is 0 Å². The van der Waals surface area contributed by atoms with Crippen molar-refractivity contribution in [1.82, 2.24) is 24.7 Å². The Kier molecular flexibility index (Phi) is 4.16. The molecule has 1 N–H and O–H groups in total. The summed E-state index contributed by atoms with van der Waals surface area (Å²) in [4.78, 5) is 14.1. The standard InChI is InChI=1S/C13H11BrN6S/c1-15-11-17-12(20-8-4-7-16-20)19-13(18-11)21-10-6-3-2-5-9(10)14/h2-8H,1H3,(H,15,17,18,19). The number of nitrogens with one attached hydrogen (secondary N) is 1. The van der Waals surface area contributed by atoms with Gasteiger partial charge in [-0.05, 0) is 45.9 Å². The number of hydrogen-bond donors (Lipinski definition) is 1. The number of rotatable bonds is 4. The predicted molar refractivity (Wildman–Crippen MR) is 84.8 cm³/mol. The van der Waals surface area contributed by atoms with Crippen LogP contribution in [0.3, 0.4) is 0 Å². The van der Waals surface area contributed by atoms with E-state index in [9.17, 15) is 0 Å². The van der Waals surface area contributed by atoms with E-state index in [1.165, 1.54) is 11.8 Å². The van der Waals surface area contributed by atoms with Crippen molar-refractivity contribution in [1.29, 1.82) is 0 Å². The maximum atomic E-state index is 4.44. The monoisotopic (exact) mass is 362 g/mol. The highest BCUT2D eigenvalue weighted by Crippen LogP contribution is 2.31. The van der Waals surface area contributed by atoms with Crippen LogP contribution in [0, 0.1) is 0 Å². The van der Waals surface area contributed by atoms with Crippen LogP contribution < -0.4 is 5.32 Å². The molecule has 0 aliphatic heterocycles. The van der Waals surface area contributed by atoms with E-state index in [4.69, 9.17) is 0 Å². The second kappa shape index (κ2) is 6.23. The molecule has 0 aliphatic carbocycles. The Morgan fingerprint density at radius 2 is 2.00 bits per heavy atom. The highest BCUT2D eigenvalue weighted by atomic mass is 79.9. The topological polar surface area (TPSA) is 68.5 Å². The minimum atomic E-state index is 0.480. The summed E-state index contributed by atoms with van der Waals surface area (Å²) in [6, 6.07) is 9.75. The fourth-order valence-corrected chi connectivity index (χ4v) is 2.91. The number of halogens is 1. The fraction of sp³-hybridized carbons (Fsp3) is 0.0769. The molecule has 0 fully saturated rings. The van der Waals surface area contributed by atoms with Crippen LogP contribution in [0.5, 0.6) is 0 Å². The lowest BCUT2D eigenvalue weighted by atomic mass is 10.4. The van der Waals surface area contributed by atoms with Gasteiger partial charge in [0.05, 0.1) is 0 Å². The van der Waals surface area contributed by atoms with Crippen LogP contribution in [0.2, 0.25) is 0 Å². The molecule has 3 rings (SSSR count). The van der Waals surface area contributed by atoms with Gasteiger partial charge in [0.15, 0.2) is 5.16 Å². The zero-order chi connectivity index (χ0) is 14.7. The Bertz CT molecular complexity index is 746. The van der Waals surface area contributed by atoms with Gasteiger partial charge in [-0.25, -0.2) is 4.68 Å².